The van der Waals surface area contributed by atoms with E-state index in [2.05, 4.69) is 16.9 Å². The van der Waals surface area contributed by atoms with Crippen LogP contribution in [0.15, 0.2) is 6.20 Å². The van der Waals surface area contributed by atoms with E-state index in [-0.39, 0.29) is 0 Å². The van der Waals surface area contributed by atoms with Gasteiger partial charge in [-0.2, -0.15) is 0 Å². The van der Waals surface area contributed by atoms with Crippen molar-refractivity contribution in [1.82, 2.24) is 9.97 Å². The lowest BCUT2D eigenvalue weighted by Gasteiger charge is -2.27. The predicted octanol–water partition coefficient (Wildman–Crippen LogP) is 3.74. The van der Waals surface area contributed by atoms with Crippen molar-refractivity contribution in [1.29, 1.82) is 0 Å². The Hall–Kier alpha value is -1.45. The number of carboxylic acids is 1. The Labute approximate surface area is 119 Å². The van der Waals surface area contributed by atoms with E-state index in [0.29, 0.717) is 17.4 Å². The van der Waals surface area contributed by atoms with Gasteiger partial charge in [0.05, 0.1) is 11.3 Å². The molecule has 2 unspecified atom stereocenters. The lowest BCUT2D eigenvalue weighted by atomic mass is 9.80. The van der Waals surface area contributed by atoms with E-state index in [9.17, 15) is 9.90 Å². The van der Waals surface area contributed by atoms with Crippen LogP contribution in [0.5, 0.6) is 0 Å². The van der Waals surface area contributed by atoms with Gasteiger partial charge in [0.1, 0.15) is 5.82 Å². The van der Waals surface area contributed by atoms with Crippen LogP contribution >= 0.6 is 0 Å². The van der Waals surface area contributed by atoms with E-state index in [1.807, 2.05) is 0 Å². The van der Waals surface area contributed by atoms with Crippen molar-refractivity contribution in [2.24, 2.45) is 5.92 Å². The van der Waals surface area contributed by atoms with E-state index in [1.165, 1.54) is 25.5 Å². The van der Waals surface area contributed by atoms with Gasteiger partial charge < -0.3 is 5.11 Å². The summed E-state index contributed by atoms with van der Waals surface area (Å²) in [6, 6.07) is 0. The van der Waals surface area contributed by atoms with Crippen LogP contribution in [0.3, 0.4) is 0 Å². The number of aromatic carboxylic acids is 1. The Morgan fingerprint density at radius 2 is 2.10 bits per heavy atom. The molecule has 0 radical (unpaired) electrons. The molecule has 0 aliphatic heterocycles. The van der Waals surface area contributed by atoms with Crippen molar-refractivity contribution in [2.45, 2.75) is 63.7 Å². The minimum atomic E-state index is -0.895. The zero-order valence-electron chi connectivity index (χ0n) is 12.0. The van der Waals surface area contributed by atoms with Crippen molar-refractivity contribution in [2.75, 3.05) is 0 Å². The third kappa shape index (κ3) is 2.69. The summed E-state index contributed by atoms with van der Waals surface area (Å²) in [7, 11) is 0. The van der Waals surface area contributed by atoms with Gasteiger partial charge in [-0.1, -0.05) is 26.2 Å². The maximum absolute atomic E-state index is 11.3. The van der Waals surface area contributed by atoms with Crippen LogP contribution in [0.25, 0.3) is 0 Å². The van der Waals surface area contributed by atoms with Crippen LogP contribution in [0.4, 0.5) is 0 Å². The summed E-state index contributed by atoms with van der Waals surface area (Å²) in [5.74, 6) is 1.55. The summed E-state index contributed by atoms with van der Waals surface area (Å²) in [6.07, 6.45) is 9.76. The van der Waals surface area contributed by atoms with E-state index in [1.54, 1.807) is 0 Å². The van der Waals surface area contributed by atoms with Gasteiger partial charge in [0.25, 0.3) is 0 Å². The third-order valence-electron chi connectivity index (χ3n) is 4.76. The summed E-state index contributed by atoms with van der Waals surface area (Å²) in [5.41, 5.74) is 1.08. The van der Waals surface area contributed by atoms with Gasteiger partial charge in [0.2, 0.25) is 0 Å². The minimum absolute atomic E-state index is 0.305. The van der Waals surface area contributed by atoms with Crippen molar-refractivity contribution < 1.29 is 9.90 Å². The van der Waals surface area contributed by atoms with Crippen molar-refractivity contribution >= 4 is 5.97 Å². The van der Waals surface area contributed by atoms with Crippen molar-refractivity contribution in [3.05, 3.63) is 23.3 Å². The first-order valence-corrected chi connectivity index (χ1v) is 7.79. The molecule has 0 saturated heterocycles. The Kier molecular flexibility index (Phi) is 3.72. The highest BCUT2D eigenvalue weighted by Crippen LogP contribution is 2.42. The van der Waals surface area contributed by atoms with E-state index >= 15 is 0 Å². The number of carbonyl (C=O) groups is 1. The molecule has 0 bridgehead atoms. The average Bonchev–Trinajstić information content (AvgIpc) is 3.31. The van der Waals surface area contributed by atoms with Crippen LogP contribution in [0, 0.1) is 5.92 Å². The average molecular weight is 274 g/mol. The molecular weight excluding hydrogens is 252 g/mol. The number of rotatable bonds is 4. The smallest absolute Gasteiger partial charge is 0.339 e. The standard InChI is InChI=1S/C16H22N2O2/c1-2-10-4-3-5-12(8-10)15-17-9-13(16(19)20)14(18-15)11-6-7-11/h9-12H,2-8H2,1H3,(H,19,20). The molecule has 1 N–H and O–H groups in total. The van der Waals surface area contributed by atoms with Crippen LogP contribution in [-0.2, 0) is 0 Å². The Morgan fingerprint density at radius 1 is 1.30 bits per heavy atom. The monoisotopic (exact) mass is 274 g/mol. The predicted molar refractivity (Wildman–Crippen MR) is 76.0 cm³/mol. The molecule has 2 saturated carbocycles. The second-order valence-electron chi connectivity index (χ2n) is 6.24. The molecule has 0 amide bonds. The maximum Gasteiger partial charge on any atom is 0.339 e. The molecular formula is C16H22N2O2. The van der Waals surface area contributed by atoms with Gasteiger partial charge in [-0.15, -0.1) is 0 Å². The fourth-order valence-electron chi connectivity index (χ4n) is 3.34. The first kappa shape index (κ1) is 13.5. The summed E-state index contributed by atoms with van der Waals surface area (Å²) in [4.78, 5) is 20.3. The molecule has 2 atom stereocenters. The summed E-state index contributed by atoms with van der Waals surface area (Å²) in [5, 5.41) is 9.24. The fraction of sp³-hybridized carbons (Fsp3) is 0.688. The zero-order chi connectivity index (χ0) is 14.1. The molecule has 20 heavy (non-hydrogen) atoms. The molecule has 2 aliphatic rings. The molecule has 4 nitrogen and oxygen atoms in total. The highest BCUT2D eigenvalue weighted by atomic mass is 16.4. The first-order valence-electron chi connectivity index (χ1n) is 7.79. The van der Waals surface area contributed by atoms with Crippen molar-refractivity contribution in [3.8, 4) is 0 Å². The number of hydrogen-bond acceptors (Lipinski definition) is 3. The van der Waals surface area contributed by atoms with Gasteiger partial charge in [0, 0.05) is 18.0 Å². The van der Waals surface area contributed by atoms with Gasteiger partial charge in [-0.25, -0.2) is 14.8 Å². The third-order valence-corrected chi connectivity index (χ3v) is 4.76. The number of aromatic nitrogens is 2. The Morgan fingerprint density at radius 3 is 2.75 bits per heavy atom. The SMILES string of the molecule is CCC1CCCC(c2ncc(C(=O)O)c(C3CC3)n2)C1. The molecule has 0 aromatic carbocycles. The molecule has 108 valence electrons. The van der Waals surface area contributed by atoms with Crippen molar-refractivity contribution in [3.63, 3.8) is 0 Å². The lowest BCUT2D eigenvalue weighted by Crippen LogP contribution is -2.17. The Bertz CT molecular complexity index is 511. The number of hydrogen-bond donors (Lipinski definition) is 1. The van der Waals surface area contributed by atoms with Gasteiger partial charge in [-0.05, 0) is 31.6 Å². The maximum atomic E-state index is 11.3. The lowest BCUT2D eigenvalue weighted by molar-refractivity contribution is 0.0694. The summed E-state index contributed by atoms with van der Waals surface area (Å²) < 4.78 is 0. The number of nitrogens with zero attached hydrogens (tertiary/aromatic N) is 2. The molecule has 4 heteroatoms. The highest BCUT2D eigenvalue weighted by molar-refractivity contribution is 5.88. The zero-order valence-corrected chi connectivity index (χ0v) is 12.0. The molecule has 2 fully saturated rings. The van der Waals surface area contributed by atoms with Gasteiger partial charge in [-0.3, -0.25) is 0 Å². The molecule has 2 aliphatic carbocycles. The summed E-state index contributed by atoms with van der Waals surface area (Å²) in [6.45, 7) is 2.25. The molecule has 1 aromatic rings. The van der Waals surface area contributed by atoms with Gasteiger partial charge in [0.15, 0.2) is 0 Å². The van der Waals surface area contributed by atoms with E-state index in [4.69, 9.17) is 0 Å². The fourth-order valence-corrected chi connectivity index (χ4v) is 3.34. The molecule has 3 rings (SSSR count). The van der Waals surface area contributed by atoms with Gasteiger partial charge >= 0.3 is 5.97 Å². The quantitative estimate of drug-likeness (QED) is 0.908. The number of carboxylic acid groups (broad SMARTS) is 1. The van der Waals surface area contributed by atoms with Crippen LogP contribution in [-0.4, -0.2) is 21.0 Å². The molecule has 1 heterocycles. The summed E-state index contributed by atoms with van der Waals surface area (Å²) >= 11 is 0. The second kappa shape index (κ2) is 5.51. The molecule has 1 aromatic heterocycles. The second-order valence-corrected chi connectivity index (χ2v) is 6.24. The van der Waals surface area contributed by atoms with Crippen LogP contribution < -0.4 is 0 Å². The topological polar surface area (TPSA) is 63.1 Å². The van der Waals surface area contributed by atoms with E-state index in [0.717, 1.165) is 43.1 Å². The minimum Gasteiger partial charge on any atom is -0.478 e. The first-order chi connectivity index (χ1) is 9.69. The van der Waals surface area contributed by atoms with Crippen LogP contribution in [0.2, 0.25) is 0 Å². The Balaban J connectivity index is 1.86. The normalized spacial score (nSPS) is 26.4. The molecule has 0 spiro atoms. The van der Waals surface area contributed by atoms with E-state index < -0.39 is 5.97 Å². The van der Waals surface area contributed by atoms with Crippen LogP contribution in [0.1, 0.15) is 85.6 Å². The largest absolute Gasteiger partial charge is 0.478 e. The highest BCUT2D eigenvalue weighted by Gasteiger charge is 2.32.